The third-order valence-corrected chi connectivity index (χ3v) is 3.94. The van der Waals surface area contributed by atoms with Gasteiger partial charge in [0.2, 0.25) is 0 Å². The zero-order valence-electron chi connectivity index (χ0n) is 10.6. The van der Waals surface area contributed by atoms with Crippen LogP contribution in [0.15, 0.2) is 16.6 Å². The van der Waals surface area contributed by atoms with Gasteiger partial charge in [-0.1, -0.05) is 0 Å². The van der Waals surface area contributed by atoms with Crippen LogP contribution >= 0.6 is 15.9 Å². The molecule has 1 aliphatic rings. The lowest BCUT2D eigenvalue weighted by Gasteiger charge is -2.34. The molecule has 0 amide bonds. The SMILES string of the molecule is COc1cc(CNC2CC(OC)C2)cc(Br)c1O. The summed E-state index contributed by atoms with van der Waals surface area (Å²) < 4.78 is 11.0. The molecule has 0 spiro atoms. The van der Waals surface area contributed by atoms with Crippen molar-refractivity contribution >= 4 is 15.9 Å². The predicted molar refractivity (Wildman–Crippen MR) is 73.0 cm³/mol. The zero-order valence-corrected chi connectivity index (χ0v) is 12.2. The largest absolute Gasteiger partial charge is 0.503 e. The highest BCUT2D eigenvalue weighted by Crippen LogP contribution is 2.35. The topological polar surface area (TPSA) is 50.7 Å². The maximum Gasteiger partial charge on any atom is 0.172 e. The molecule has 100 valence electrons. The Morgan fingerprint density at radius 1 is 1.39 bits per heavy atom. The summed E-state index contributed by atoms with van der Waals surface area (Å²) in [6.45, 7) is 0.760. The molecule has 0 radical (unpaired) electrons. The molecule has 1 aromatic carbocycles. The van der Waals surface area contributed by atoms with E-state index in [1.165, 1.54) is 0 Å². The van der Waals surface area contributed by atoms with E-state index in [0.717, 1.165) is 24.9 Å². The van der Waals surface area contributed by atoms with Crippen molar-refractivity contribution in [1.29, 1.82) is 0 Å². The normalized spacial score (nSPS) is 22.6. The Morgan fingerprint density at radius 2 is 2.11 bits per heavy atom. The second kappa shape index (κ2) is 5.91. The van der Waals surface area contributed by atoms with Crippen LogP contribution in [0.5, 0.6) is 11.5 Å². The lowest BCUT2D eigenvalue weighted by atomic mass is 9.89. The average Bonchev–Trinajstić information content (AvgIpc) is 2.31. The number of ether oxygens (including phenoxy) is 2. The van der Waals surface area contributed by atoms with Crippen LogP contribution in [0.4, 0.5) is 0 Å². The molecule has 1 fully saturated rings. The van der Waals surface area contributed by atoms with Crippen molar-refractivity contribution < 1.29 is 14.6 Å². The first-order valence-corrected chi connectivity index (χ1v) is 6.75. The molecule has 18 heavy (non-hydrogen) atoms. The number of rotatable bonds is 5. The number of methoxy groups -OCH3 is 2. The van der Waals surface area contributed by atoms with Gasteiger partial charge in [0.1, 0.15) is 0 Å². The van der Waals surface area contributed by atoms with Gasteiger partial charge in [-0.3, -0.25) is 0 Å². The summed E-state index contributed by atoms with van der Waals surface area (Å²) in [5.74, 6) is 0.633. The number of hydrogen-bond donors (Lipinski definition) is 2. The van der Waals surface area contributed by atoms with Gasteiger partial charge in [0.25, 0.3) is 0 Å². The molecule has 0 aromatic heterocycles. The molecule has 5 heteroatoms. The molecule has 1 aliphatic carbocycles. The third-order valence-electron chi connectivity index (χ3n) is 3.33. The Kier molecular flexibility index (Phi) is 4.48. The highest BCUT2D eigenvalue weighted by molar-refractivity contribution is 9.10. The van der Waals surface area contributed by atoms with E-state index in [-0.39, 0.29) is 5.75 Å². The molecule has 0 atom stereocenters. The first-order chi connectivity index (χ1) is 8.63. The van der Waals surface area contributed by atoms with Gasteiger partial charge >= 0.3 is 0 Å². The second-order valence-corrected chi connectivity index (χ2v) is 5.39. The van der Waals surface area contributed by atoms with Crippen LogP contribution in [0.25, 0.3) is 0 Å². The fraction of sp³-hybridized carbons (Fsp3) is 0.538. The van der Waals surface area contributed by atoms with Crippen LogP contribution in [-0.2, 0) is 11.3 Å². The number of benzene rings is 1. The van der Waals surface area contributed by atoms with E-state index in [0.29, 0.717) is 22.4 Å². The lowest BCUT2D eigenvalue weighted by Crippen LogP contribution is -2.44. The Morgan fingerprint density at radius 3 is 2.72 bits per heavy atom. The minimum Gasteiger partial charge on any atom is -0.503 e. The quantitative estimate of drug-likeness (QED) is 0.876. The lowest BCUT2D eigenvalue weighted by molar-refractivity contribution is 0.0170. The number of halogens is 1. The fourth-order valence-corrected chi connectivity index (χ4v) is 2.56. The molecule has 0 aliphatic heterocycles. The van der Waals surface area contributed by atoms with E-state index >= 15 is 0 Å². The Labute approximate surface area is 115 Å². The first kappa shape index (κ1) is 13.6. The van der Waals surface area contributed by atoms with Crippen LogP contribution in [0, 0.1) is 0 Å². The molecule has 0 bridgehead atoms. The number of nitrogens with one attached hydrogen (secondary N) is 1. The fourth-order valence-electron chi connectivity index (χ4n) is 2.07. The van der Waals surface area contributed by atoms with Crippen molar-refractivity contribution in [1.82, 2.24) is 5.32 Å². The Hall–Kier alpha value is -0.780. The number of aromatic hydroxyl groups is 1. The van der Waals surface area contributed by atoms with Gasteiger partial charge in [-0.2, -0.15) is 0 Å². The Bertz CT molecular complexity index is 419. The van der Waals surface area contributed by atoms with Crippen molar-refractivity contribution in [3.8, 4) is 11.5 Å². The standard InChI is InChI=1S/C13H18BrNO3/c1-17-10-5-9(6-10)15-7-8-3-11(14)13(16)12(4-8)18-2/h3-4,9-10,15-16H,5-7H2,1-2H3. The van der Waals surface area contributed by atoms with Gasteiger partial charge < -0.3 is 19.9 Å². The van der Waals surface area contributed by atoms with Gasteiger partial charge in [0, 0.05) is 19.7 Å². The third kappa shape index (κ3) is 2.96. The number of hydrogen-bond acceptors (Lipinski definition) is 4. The van der Waals surface area contributed by atoms with Gasteiger partial charge in [-0.15, -0.1) is 0 Å². The van der Waals surface area contributed by atoms with Gasteiger partial charge in [0.15, 0.2) is 11.5 Å². The van der Waals surface area contributed by atoms with E-state index in [4.69, 9.17) is 9.47 Å². The monoisotopic (exact) mass is 315 g/mol. The van der Waals surface area contributed by atoms with Crippen LogP contribution in [-0.4, -0.2) is 31.5 Å². The average molecular weight is 316 g/mol. The van der Waals surface area contributed by atoms with E-state index in [2.05, 4.69) is 21.2 Å². The predicted octanol–water partition coefficient (Wildman–Crippen LogP) is 2.43. The van der Waals surface area contributed by atoms with Crippen molar-refractivity contribution in [2.45, 2.75) is 31.5 Å². The first-order valence-electron chi connectivity index (χ1n) is 5.95. The zero-order chi connectivity index (χ0) is 13.1. The van der Waals surface area contributed by atoms with Crippen molar-refractivity contribution in [2.24, 2.45) is 0 Å². The molecule has 2 rings (SSSR count). The number of phenols is 1. The summed E-state index contributed by atoms with van der Waals surface area (Å²) in [4.78, 5) is 0. The summed E-state index contributed by atoms with van der Waals surface area (Å²) in [6, 6.07) is 4.27. The van der Waals surface area contributed by atoms with E-state index < -0.39 is 0 Å². The highest BCUT2D eigenvalue weighted by Gasteiger charge is 2.28. The van der Waals surface area contributed by atoms with Gasteiger partial charge in [0.05, 0.1) is 17.7 Å². The van der Waals surface area contributed by atoms with Gasteiger partial charge in [-0.25, -0.2) is 0 Å². The van der Waals surface area contributed by atoms with Crippen LogP contribution in [0.1, 0.15) is 18.4 Å². The molecule has 0 heterocycles. The summed E-state index contributed by atoms with van der Waals surface area (Å²) in [5, 5.41) is 13.2. The maximum atomic E-state index is 9.71. The number of phenolic OH excluding ortho intramolecular Hbond substituents is 1. The van der Waals surface area contributed by atoms with E-state index in [1.807, 2.05) is 12.1 Å². The summed E-state index contributed by atoms with van der Waals surface area (Å²) in [7, 11) is 3.30. The van der Waals surface area contributed by atoms with E-state index in [1.54, 1.807) is 14.2 Å². The smallest absolute Gasteiger partial charge is 0.172 e. The molecule has 4 nitrogen and oxygen atoms in total. The van der Waals surface area contributed by atoms with Crippen LogP contribution < -0.4 is 10.1 Å². The van der Waals surface area contributed by atoms with Crippen LogP contribution in [0.2, 0.25) is 0 Å². The highest BCUT2D eigenvalue weighted by atomic mass is 79.9. The van der Waals surface area contributed by atoms with Crippen molar-refractivity contribution in [3.05, 3.63) is 22.2 Å². The minimum absolute atomic E-state index is 0.143. The van der Waals surface area contributed by atoms with Crippen molar-refractivity contribution in [3.63, 3.8) is 0 Å². The maximum absolute atomic E-state index is 9.71. The molecule has 1 saturated carbocycles. The summed E-state index contributed by atoms with van der Waals surface area (Å²) in [6.07, 6.45) is 2.53. The van der Waals surface area contributed by atoms with Crippen molar-refractivity contribution in [2.75, 3.05) is 14.2 Å². The summed E-state index contributed by atoms with van der Waals surface area (Å²) in [5.41, 5.74) is 1.08. The summed E-state index contributed by atoms with van der Waals surface area (Å²) >= 11 is 3.32. The van der Waals surface area contributed by atoms with Gasteiger partial charge in [-0.05, 0) is 46.5 Å². The molecule has 0 saturated heterocycles. The minimum atomic E-state index is 0.143. The van der Waals surface area contributed by atoms with Crippen LogP contribution in [0.3, 0.4) is 0 Å². The Balaban J connectivity index is 1.92. The second-order valence-electron chi connectivity index (χ2n) is 4.54. The van der Waals surface area contributed by atoms with E-state index in [9.17, 15) is 5.11 Å². The molecule has 1 aromatic rings. The molecular weight excluding hydrogens is 298 g/mol. The molecule has 0 unspecified atom stereocenters. The molecular formula is C13H18BrNO3. The molecule has 2 N–H and O–H groups in total.